The third-order valence-electron chi connectivity index (χ3n) is 5.26. The maximum Gasteiger partial charge on any atom is 0.419 e. The number of fused-ring (bicyclic) bond motifs is 1. The van der Waals surface area contributed by atoms with E-state index in [1.165, 1.54) is 12.1 Å². The molecular formula is C26H24ClFN4O5. The van der Waals surface area contributed by atoms with Crippen molar-refractivity contribution in [2.45, 2.75) is 27.7 Å². The Morgan fingerprint density at radius 1 is 1.08 bits per heavy atom. The molecule has 0 saturated heterocycles. The first-order valence-electron chi connectivity index (χ1n) is 11.5. The van der Waals surface area contributed by atoms with E-state index in [0.29, 0.717) is 11.1 Å². The number of rotatable bonds is 6. The lowest BCUT2D eigenvalue weighted by atomic mass is 10.1. The van der Waals surface area contributed by atoms with E-state index in [2.05, 4.69) is 15.3 Å². The van der Waals surface area contributed by atoms with Gasteiger partial charge in [0.2, 0.25) is 5.88 Å². The molecule has 4 rings (SSSR count). The first-order valence-corrected chi connectivity index (χ1v) is 11.8. The largest absolute Gasteiger partial charge is 0.450 e. The molecule has 3 heterocycles. The zero-order valence-electron chi connectivity index (χ0n) is 20.6. The number of benzene rings is 1. The molecule has 3 aromatic heterocycles. The average molecular weight is 527 g/mol. The number of ether oxygens (including phenoxy) is 2. The number of nitrogens with zero attached hydrogens (tertiary/aromatic N) is 3. The summed E-state index contributed by atoms with van der Waals surface area (Å²) < 4.78 is 30.4. The number of nitrogens with one attached hydrogen (secondary N) is 1. The number of aromatic nitrogens is 2. The summed E-state index contributed by atoms with van der Waals surface area (Å²) >= 11 is 6.04. The maximum atomic E-state index is 14.0. The van der Waals surface area contributed by atoms with E-state index in [9.17, 15) is 14.0 Å². The Kier molecular flexibility index (Phi) is 7.58. The fraction of sp³-hybridized carbons (Fsp3) is 0.231. The van der Waals surface area contributed by atoms with E-state index in [0.717, 1.165) is 27.9 Å². The van der Waals surface area contributed by atoms with Crippen molar-refractivity contribution < 1.29 is 27.9 Å². The van der Waals surface area contributed by atoms with Crippen LogP contribution >= 0.6 is 11.6 Å². The van der Waals surface area contributed by atoms with Gasteiger partial charge in [-0.2, -0.15) is 0 Å². The summed E-state index contributed by atoms with van der Waals surface area (Å²) in [6.45, 7) is 7.19. The lowest BCUT2D eigenvalue weighted by Gasteiger charge is -2.22. The number of amides is 2. The van der Waals surface area contributed by atoms with Gasteiger partial charge in [0.05, 0.1) is 29.3 Å². The Bertz CT molecular complexity index is 1470. The minimum atomic E-state index is -0.797. The summed E-state index contributed by atoms with van der Waals surface area (Å²) in [5.41, 5.74) is 3.36. The van der Waals surface area contributed by atoms with Gasteiger partial charge in [0.1, 0.15) is 17.2 Å². The molecule has 0 aliphatic rings. The van der Waals surface area contributed by atoms with Gasteiger partial charge >= 0.3 is 12.2 Å². The van der Waals surface area contributed by atoms with Crippen molar-refractivity contribution in [2.24, 2.45) is 0 Å². The van der Waals surface area contributed by atoms with Crippen LogP contribution in [0.5, 0.6) is 0 Å². The molecule has 0 atom stereocenters. The molecule has 1 N–H and O–H groups in total. The summed E-state index contributed by atoms with van der Waals surface area (Å²) in [5.74, 6) is -0.759. The number of halogens is 2. The number of furan rings is 1. The Hall–Kier alpha value is -4.18. The van der Waals surface area contributed by atoms with E-state index in [4.69, 9.17) is 25.5 Å². The predicted molar refractivity (Wildman–Crippen MR) is 138 cm³/mol. The monoisotopic (exact) mass is 526 g/mol. The van der Waals surface area contributed by atoms with E-state index in [-0.39, 0.29) is 41.1 Å². The molecule has 0 bridgehead atoms. The van der Waals surface area contributed by atoms with Crippen LogP contribution in [0.2, 0.25) is 5.02 Å². The lowest BCUT2D eigenvalue weighted by Crippen LogP contribution is -2.28. The van der Waals surface area contributed by atoms with E-state index in [1.54, 1.807) is 26.1 Å². The first kappa shape index (κ1) is 25.9. The fourth-order valence-corrected chi connectivity index (χ4v) is 4.07. The zero-order chi connectivity index (χ0) is 26.7. The molecule has 37 heavy (non-hydrogen) atoms. The quantitative estimate of drug-likeness (QED) is 0.284. The molecule has 11 heteroatoms. The Balaban J connectivity index is 2.02. The van der Waals surface area contributed by atoms with Crippen LogP contribution in [0.4, 0.5) is 31.2 Å². The molecule has 0 fully saturated rings. The Morgan fingerprint density at radius 2 is 1.78 bits per heavy atom. The minimum absolute atomic E-state index is 0.0586. The van der Waals surface area contributed by atoms with Crippen LogP contribution in [0.3, 0.4) is 0 Å². The van der Waals surface area contributed by atoms with Crippen molar-refractivity contribution in [3.05, 3.63) is 64.8 Å². The van der Waals surface area contributed by atoms with Gasteiger partial charge in [-0.05, 0) is 64.1 Å². The summed E-state index contributed by atoms with van der Waals surface area (Å²) in [6.07, 6.45) is -0.0423. The molecule has 9 nitrogen and oxygen atoms in total. The van der Waals surface area contributed by atoms with Crippen molar-refractivity contribution in [3.8, 4) is 11.3 Å². The molecule has 0 aliphatic heterocycles. The number of carbonyl (C=O) groups is 2. The SMILES string of the molecule is CCOC(=O)Nc1oc2c(-c3cc(C)nc(C)c3)nccc2c1N(C(=O)OCC)c1ccc(F)c(Cl)c1. The van der Waals surface area contributed by atoms with Crippen molar-refractivity contribution in [3.63, 3.8) is 0 Å². The van der Waals surface area contributed by atoms with Crippen molar-refractivity contribution in [1.29, 1.82) is 0 Å². The summed E-state index contributed by atoms with van der Waals surface area (Å²) in [7, 11) is 0. The van der Waals surface area contributed by atoms with E-state index >= 15 is 0 Å². The van der Waals surface area contributed by atoms with Crippen LogP contribution in [0.15, 0.2) is 47.0 Å². The molecule has 0 aliphatic carbocycles. The van der Waals surface area contributed by atoms with Crippen LogP contribution in [-0.2, 0) is 9.47 Å². The second-order valence-electron chi connectivity index (χ2n) is 7.93. The van der Waals surface area contributed by atoms with Crippen LogP contribution in [0, 0.1) is 19.7 Å². The minimum Gasteiger partial charge on any atom is -0.450 e. The van der Waals surface area contributed by atoms with Crippen molar-refractivity contribution >= 4 is 52.0 Å². The van der Waals surface area contributed by atoms with Gasteiger partial charge in [-0.3, -0.25) is 15.3 Å². The highest BCUT2D eigenvalue weighted by Gasteiger charge is 2.31. The normalized spacial score (nSPS) is 10.9. The number of anilines is 3. The molecule has 0 radical (unpaired) electrons. The molecule has 0 spiro atoms. The average Bonchev–Trinajstić information content (AvgIpc) is 3.18. The second kappa shape index (κ2) is 10.8. The summed E-state index contributed by atoms with van der Waals surface area (Å²) in [4.78, 5) is 35.7. The molecule has 0 saturated carbocycles. The highest BCUT2D eigenvalue weighted by molar-refractivity contribution is 6.31. The molecule has 4 aromatic rings. The summed E-state index contributed by atoms with van der Waals surface area (Å²) in [6, 6.07) is 9.09. The third-order valence-corrected chi connectivity index (χ3v) is 5.55. The lowest BCUT2D eigenvalue weighted by molar-refractivity contribution is 0.162. The van der Waals surface area contributed by atoms with Crippen LogP contribution in [0.1, 0.15) is 25.2 Å². The van der Waals surface area contributed by atoms with Gasteiger partial charge in [0.25, 0.3) is 0 Å². The van der Waals surface area contributed by atoms with Gasteiger partial charge in [-0.25, -0.2) is 18.9 Å². The number of pyridine rings is 2. The van der Waals surface area contributed by atoms with Crippen LogP contribution in [-0.4, -0.2) is 35.4 Å². The number of hydrogen-bond donors (Lipinski definition) is 1. The Labute approximate surface area is 217 Å². The number of aryl methyl sites for hydroxylation is 2. The molecule has 2 amide bonds. The van der Waals surface area contributed by atoms with Crippen LogP contribution in [0.25, 0.3) is 22.2 Å². The number of hydrogen-bond acceptors (Lipinski definition) is 7. The van der Waals surface area contributed by atoms with Crippen molar-refractivity contribution in [1.82, 2.24) is 9.97 Å². The van der Waals surface area contributed by atoms with E-state index < -0.39 is 18.0 Å². The van der Waals surface area contributed by atoms with Gasteiger partial charge in [-0.1, -0.05) is 11.6 Å². The van der Waals surface area contributed by atoms with Crippen molar-refractivity contribution in [2.75, 3.05) is 23.4 Å². The summed E-state index contributed by atoms with van der Waals surface area (Å²) in [5, 5.41) is 2.78. The smallest absolute Gasteiger partial charge is 0.419 e. The molecule has 192 valence electrons. The first-order chi connectivity index (χ1) is 17.7. The standard InChI is InChI=1S/C26H24ClFN4O5/c1-5-35-25(33)31-24-22(32(26(34)36-6-2)17-7-8-20(28)19(27)13-17)18-9-10-29-21(23(18)37-24)16-11-14(3)30-15(4)12-16/h7-13H,5-6H2,1-4H3,(H,31,33). The molecule has 0 unspecified atom stereocenters. The van der Waals surface area contributed by atoms with Gasteiger partial charge in [0, 0.05) is 23.1 Å². The number of carbonyl (C=O) groups excluding carboxylic acids is 2. The highest BCUT2D eigenvalue weighted by Crippen LogP contribution is 2.45. The zero-order valence-corrected chi connectivity index (χ0v) is 21.4. The highest BCUT2D eigenvalue weighted by atomic mass is 35.5. The second-order valence-corrected chi connectivity index (χ2v) is 8.34. The van der Waals surface area contributed by atoms with E-state index in [1.807, 2.05) is 26.0 Å². The van der Waals surface area contributed by atoms with Gasteiger partial charge in [0.15, 0.2) is 5.58 Å². The Morgan fingerprint density at radius 3 is 2.43 bits per heavy atom. The van der Waals surface area contributed by atoms with Gasteiger partial charge in [-0.15, -0.1) is 0 Å². The fourth-order valence-electron chi connectivity index (χ4n) is 3.89. The molecular weight excluding hydrogens is 503 g/mol. The predicted octanol–water partition coefficient (Wildman–Crippen LogP) is 7.16. The third kappa shape index (κ3) is 5.34. The van der Waals surface area contributed by atoms with Crippen LogP contribution < -0.4 is 10.2 Å². The topological polar surface area (TPSA) is 107 Å². The molecule has 1 aromatic carbocycles. The maximum absolute atomic E-state index is 14.0. The van der Waals surface area contributed by atoms with Gasteiger partial charge < -0.3 is 13.9 Å².